The molecule has 0 spiro atoms. The molecule has 2 rings (SSSR count). The Morgan fingerprint density at radius 3 is 3.23 bits per heavy atom. The first-order chi connectivity index (χ1) is 6.36. The maximum absolute atomic E-state index is 5.38. The van der Waals surface area contributed by atoms with Crippen LogP contribution >= 0.6 is 0 Å². The van der Waals surface area contributed by atoms with Gasteiger partial charge >= 0.3 is 0 Å². The van der Waals surface area contributed by atoms with Crippen LogP contribution in [-0.2, 0) is 0 Å². The monoisotopic (exact) mass is 180 g/mol. The van der Waals surface area contributed by atoms with E-state index in [0.717, 1.165) is 31.8 Å². The van der Waals surface area contributed by atoms with Crippen LogP contribution in [0.1, 0.15) is 18.2 Å². The number of hydrogen-bond acceptors (Lipinski definition) is 3. The minimum absolute atomic E-state index is 0.403. The zero-order valence-electron chi connectivity index (χ0n) is 7.99. The highest BCUT2D eigenvalue weighted by Crippen LogP contribution is 2.18. The summed E-state index contributed by atoms with van der Waals surface area (Å²) in [6.45, 7) is 3.30. The van der Waals surface area contributed by atoms with Crippen molar-refractivity contribution in [1.82, 2.24) is 10.2 Å². The molecule has 2 heterocycles. The van der Waals surface area contributed by atoms with E-state index in [1.807, 2.05) is 12.1 Å². The minimum atomic E-state index is 0.403. The maximum Gasteiger partial charge on any atom is 0.120 e. The lowest BCUT2D eigenvalue weighted by Gasteiger charge is -2.12. The van der Waals surface area contributed by atoms with Crippen molar-refractivity contribution in [3.05, 3.63) is 24.2 Å². The molecular formula is C10H16N2O. The van der Waals surface area contributed by atoms with Crippen LogP contribution in [0.3, 0.4) is 0 Å². The van der Waals surface area contributed by atoms with E-state index in [1.54, 1.807) is 6.26 Å². The fraction of sp³-hybridized carbons (Fsp3) is 0.600. The molecule has 0 radical (unpaired) electrons. The summed E-state index contributed by atoms with van der Waals surface area (Å²) >= 11 is 0. The Labute approximate surface area is 78.7 Å². The summed E-state index contributed by atoms with van der Waals surface area (Å²) in [7, 11) is 2.16. The van der Waals surface area contributed by atoms with Crippen molar-refractivity contribution in [1.29, 1.82) is 0 Å². The lowest BCUT2D eigenvalue weighted by Crippen LogP contribution is -2.24. The third-order valence-electron chi connectivity index (χ3n) is 2.57. The predicted octanol–water partition coefficient (Wildman–Crippen LogP) is 1.25. The average molecular weight is 180 g/mol. The second kappa shape index (κ2) is 3.94. The molecule has 72 valence electrons. The molecule has 1 unspecified atom stereocenters. The highest BCUT2D eigenvalue weighted by Gasteiger charge is 2.17. The largest absolute Gasteiger partial charge is 0.468 e. The van der Waals surface area contributed by atoms with Crippen molar-refractivity contribution in [2.75, 3.05) is 26.7 Å². The first kappa shape index (κ1) is 8.78. The molecule has 1 aromatic rings. The van der Waals surface area contributed by atoms with E-state index in [9.17, 15) is 0 Å². The van der Waals surface area contributed by atoms with E-state index < -0.39 is 0 Å². The van der Waals surface area contributed by atoms with Gasteiger partial charge < -0.3 is 14.6 Å². The first-order valence-corrected chi connectivity index (χ1v) is 4.81. The van der Waals surface area contributed by atoms with Crippen LogP contribution in [0.4, 0.5) is 0 Å². The van der Waals surface area contributed by atoms with E-state index >= 15 is 0 Å². The summed E-state index contributed by atoms with van der Waals surface area (Å²) in [4.78, 5) is 2.34. The fourth-order valence-electron chi connectivity index (χ4n) is 1.73. The van der Waals surface area contributed by atoms with Gasteiger partial charge in [0.05, 0.1) is 12.3 Å². The Balaban J connectivity index is 2.00. The van der Waals surface area contributed by atoms with Crippen LogP contribution in [0.5, 0.6) is 0 Å². The molecule has 0 bridgehead atoms. The van der Waals surface area contributed by atoms with Crippen molar-refractivity contribution in [2.45, 2.75) is 12.5 Å². The summed E-state index contributed by atoms with van der Waals surface area (Å²) in [6, 6.07) is 4.40. The standard InChI is InChI=1S/C10H16N2O/c1-12-6-4-9(11-5-7-12)10-3-2-8-13-10/h2-3,8-9,11H,4-7H2,1H3. The van der Waals surface area contributed by atoms with Gasteiger partial charge in [0.2, 0.25) is 0 Å². The van der Waals surface area contributed by atoms with Gasteiger partial charge in [-0.1, -0.05) is 0 Å². The van der Waals surface area contributed by atoms with Gasteiger partial charge in [0, 0.05) is 13.1 Å². The molecule has 13 heavy (non-hydrogen) atoms. The second-order valence-electron chi connectivity index (χ2n) is 3.61. The summed E-state index contributed by atoms with van der Waals surface area (Å²) < 4.78 is 5.38. The topological polar surface area (TPSA) is 28.4 Å². The first-order valence-electron chi connectivity index (χ1n) is 4.81. The lowest BCUT2D eigenvalue weighted by atomic mass is 10.1. The molecular weight excluding hydrogens is 164 g/mol. The number of furan rings is 1. The molecule has 3 nitrogen and oxygen atoms in total. The molecule has 1 fully saturated rings. The average Bonchev–Trinajstić information content (AvgIpc) is 2.56. The normalized spacial score (nSPS) is 25.8. The Bertz CT molecular complexity index is 245. The smallest absolute Gasteiger partial charge is 0.120 e. The van der Waals surface area contributed by atoms with E-state index in [2.05, 4.69) is 17.3 Å². The van der Waals surface area contributed by atoms with E-state index in [1.165, 1.54) is 0 Å². The number of rotatable bonds is 1. The highest BCUT2D eigenvalue weighted by molar-refractivity contribution is 5.04. The van der Waals surface area contributed by atoms with Crippen LogP contribution in [0.2, 0.25) is 0 Å². The molecule has 1 aliphatic rings. The summed E-state index contributed by atoms with van der Waals surface area (Å²) in [5.74, 6) is 1.07. The molecule has 0 aromatic carbocycles. The molecule has 0 saturated carbocycles. The zero-order chi connectivity index (χ0) is 9.10. The number of hydrogen-bond donors (Lipinski definition) is 1. The quantitative estimate of drug-likeness (QED) is 0.705. The van der Waals surface area contributed by atoms with Crippen LogP contribution in [0.15, 0.2) is 22.8 Å². The maximum atomic E-state index is 5.38. The van der Waals surface area contributed by atoms with Gasteiger partial charge in [-0.15, -0.1) is 0 Å². The molecule has 1 N–H and O–H groups in total. The Hall–Kier alpha value is -0.800. The van der Waals surface area contributed by atoms with Gasteiger partial charge in [0.1, 0.15) is 5.76 Å². The summed E-state index contributed by atoms with van der Waals surface area (Å²) in [5.41, 5.74) is 0. The molecule has 0 amide bonds. The van der Waals surface area contributed by atoms with Gasteiger partial charge in [-0.05, 0) is 32.1 Å². The Morgan fingerprint density at radius 1 is 1.54 bits per heavy atom. The number of nitrogens with one attached hydrogen (secondary N) is 1. The van der Waals surface area contributed by atoms with E-state index in [-0.39, 0.29) is 0 Å². The third-order valence-corrected chi connectivity index (χ3v) is 2.57. The Morgan fingerprint density at radius 2 is 2.46 bits per heavy atom. The van der Waals surface area contributed by atoms with Crippen LogP contribution in [-0.4, -0.2) is 31.6 Å². The van der Waals surface area contributed by atoms with Crippen LogP contribution in [0, 0.1) is 0 Å². The van der Waals surface area contributed by atoms with E-state index in [4.69, 9.17) is 4.42 Å². The lowest BCUT2D eigenvalue weighted by molar-refractivity contribution is 0.350. The summed E-state index contributed by atoms with van der Waals surface area (Å²) in [5, 5.41) is 3.48. The van der Waals surface area contributed by atoms with Crippen LogP contribution in [0.25, 0.3) is 0 Å². The van der Waals surface area contributed by atoms with E-state index in [0.29, 0.717) is 6.04 Å². The van der Waals surface area contributed by atoms with Crippen LogP contribution < -0.4 is 5.32 Å². The zero-order valence-corrected chi connectivity index (χ0v) is 7.99. The number of likely N-dealkylation sites (N-methyl/N-ethyl adjacent to an activating group) is 1. The molecule has 3 heteroatoms. The molecule has 1 atom stereocenters. The van der Waals surface area contributed by atoms with Gasteiger partial charge in [-0.3, -0.25) is 0 Å². The molecule has 1 saturated heterocycles. The molecule has 1 aliphatic heterocycles. The Kier molecular flexibility index (Phi) is 2.66. The van der Waals surface area contributed by atoms with Crippen molar-refractivity contribution < 1.29 is 4.42 Å². The third kappa shape index (κ3) is 2.11. The van der Waals surface area contributed by atoms with Gasteiger partial charge in [-0.2, -0.15) is 0 Å². The SMILES string of the molecule is CN1CCNC(c2ccco2)CC1. The minimum Gasteiger partial charge on any atom is -0.468 e. The molecule has 1 aromatic heterocycles. The highest BCUT2D eigenvalue weighted by atomic mass is 16.3. The van der Waals surface area contributed by atoms with Crippen molar-refractivity contribution >= 4 is 0 Å². The van der Waals surface area contributed by atoms with Crippen molar-refractivity contribution in [2.24, 2.45) is 0 Å². The summed E-state index contributed by atoms with van der Waals surface area (Å²) in [6.07, 6.45) is 2.87. The second-order valence-corrected chi connectivity index (χ2v) is 3.61. The van der Waals surface area contributed by atoms with Gasteiger partial charge in [0.15, 0.2) is 0 Å². The van der Waals surface area contributed by atoms with Crippen molar-refractivity contribution in [3.8, 4) is 0 Å². The van der Waals surface area contributed by atoms with Gasteiger partial charge in [-0.25, -0.2) is 0 Å². The van der Waals surface area contributed by atoms with Crippen molar-refractivity contribution in [3.63, 3.8) is 0 Å². The van der Waals surface area contributed by atoms with Gasteiger partial charge in [0.25, 0.3) is 0 Å². The predicted molar refractivity (Wildman–Crippen MR) is 51.6 cm³/mol. The number of nitrogens with zero attached hydrogens (tertiary/aromatic N) is 1. The molecule has 0 aliphatic carbocycles. The fourth-order valence-corrected chi connectivity index (χ4v) is 1.73.